The number of aromatic nitrogens is 3. The van der Waals surface area contributed by atoms with Crippen LogP contribution in [0.3, 0.4) is 0 Å². The van der Waals surface area contributed by atoms with E-state index in [4.69, 9.17) is 9.47 Å². The molecule has 0 bridgehead atoms. The fourth-order valence-corrected chi connectivity index (χ4v) is 2.71. The predicted octanol–water partition coefficient (Wildman–Crippen LogP) is 3.29. The lowest BCUT2D eigenvalue weighted by molar-refractivity contribution is 0.102. The highest BCUT2D eigenvalue weighted by atomic mass is 19.1. The van der Waals surface area contributed by atoms with Crippen LogP contribution in [0.2, 0.25) is 0 Å². The maximum Gasteiger partial charge on any atom is 0.278 e. The highest BCUT2D eigenvalue weighted by Gasteiger charge is 2.20. The summed E-state index contributed by atoms with van der Waals surface area (Å²) in [6.07, 6.45) is 0. The van der Waals surface area contributed by atoms with Gasteiger partial charge < -0.3 is 14.8 Å². The number of ether oxygens (including phenoxy) is 2. The van der Waals surface area contributed by atoms with Gasteiger partial charge >= 0.3 is 0 Å². The van der Waals surface area contributed by atoms with Crippen molar-refractivity contribution in [1.29, 1.82) is 0 Å². The lowest BCUT2D eigenvalue weighted by Crippen LogP contribution is -2.15. The smallest absolute Gasteiger partial charge is 0.278 e. The van der Waals surface area contributed by atoms with Crippen LogP contribution in [0.5, 0.6) is 11.5 Å². The second-order valence-electron chi connectivity index (χ2n) is 5.89. The van der Waals surface area contributed by atoms with Crippen LogP contribution in [0, 0.1) is 19.7 Å². The third-order valence-corrected chi connectivity index (χ3v) is 4.15. The van der Waals surface area contributed by atoms with Crippen molar-refractivity contribution >= 4 is 11.6 Å². The number of benzene rings is 2. The van der Waals surface area contributed by atoms with Gasteiger partial charge in [0.25, 0.3) is 5.91 Å². The summed E-state index contributed by atoms with van der Waals surface area (Å²) in [6, 6.07) is 9.40. The zero-order valence-corrected chi connectivity index (χ0v) is 15.4. The van der Waals surface area contributed by atoms with E-state index in [1.54, 1.807) is 45.2 Å². The van der Waals surface area contributed by atoms with Crippen LogP contribution in [-0.2, 0) is 0 Å². The first-order valence-electron chi connectivity index (χ1n) is 8.16. The molecule has 2 aromatic carbocycles. The Morgan fingerprint density at radius 2 is 1.89 bits per heavy atom. The standard InChI is InChI=1S/C19H19FN4O3/c1-11-9-13(20)5-8-16(11)24-12(2)18(22-23-24)19(25)21-15-7-6-14(26-3)10-17(15)27-4/h5-10H,1-4H3,(H,21,25). The number of nitrogens with zero attached hydrogens (tertiary/aromatic N) is 3. The predicted molar refractivity (Wildman–Crippen MR) is 98.3 cm³/mol. The minimum atomic E-state index is -0.429. The summed E-state index contributed by atoms with van der Waals surface area (Å²) in [5.41, 5.74) is 2.52. The maximum absolute atomic E-state index is 13.3. The number of methoxy groups -OCH3 is 2. The molecule has 0 unspecified atom stereocenters. The molecule has 0 aliphatic rings. The van der Waals surface area contributed by atoms with Gasteiger partial charge in [-0.2, -0.15) is 0 Å². The molecule has 0 saturated carbocycles. The fraction of sp³-hybridized carbons (Fsp3) is 0.211. The van der Waals surface area contributed by atoms with Crippen molar-refractivity contribution in [3.05, 3.63) is 59.2 Å². The zero-order valence-electron chi connectivity index (χ0n) is 15.4. The van der Waals surface area contributed by atoms with E-state index in [0.717, 1.165) is 0 Å². The van der Waals surface area contributed by atoms with Gasteiger partial charge in [0, 0.05) is 6.07 Å². The quantitative estimate of drug-likeness (QED) is 0.746. The van der Waals surface area contributed by atoms with Crippen molar-refractivity contribution in [1.82, 2.24) is 15.0 Å². The molecule has 0 saturated heterocycles. The Morgan fingerprint density at radius 1 is 1.11 bits per heavy atom. The molecule has 7 nitrogen and oxygen atoms in total. The van der Waals surface area contributed by atoms with Gasteiger partial charge in [0.1, 0.15) is 17.3 Å². The molecule has 0 aliphatic carbocycles. The third-order valence-electron chi connectivity index (χ3n) is 4.15. The van der Waals surface area contributed by atoms with Crippen LogP contribution < -0.4 is 14.8 Å². The van der Waals surface area contributed by atoms with Crippen LogP contribution in [0.1, 0.15) is 21.7 Å². The Balaban J connectivity index is 1.90. The van der Waals surface area contributed by atoms with Crippen LogP contribution in [-0.4, -0.2) is 35.1 Å². The number of nitrogens with one attached hydrogen (secondary N) is 1. The number of hydrogen-bond donors (Lipinski definition) is 1. The monoisotopic (exact) mass is 370 g/mol. The molecule has 0 aliphatic heterocycles. The first kappa shape index (κ1) is 18.4. The highest BCUT2D eigenvalue weighted by Crippen LogP contribution is 2.29. The molecule has 3 rings (SSSR count). The van der Waals surface area contributed by atoms with E-state index in [9.17, 15) is 9.18 Å². The zero-order chi connectivity index (χ0) is 19.6. The van der Waals surface area contributed by atoms with Gasteiger partial charge in [-0.05, 0) is 49.7 Å². The van der Waals surface area contributed by atoms with Crippen LogP contribution >= 0.6 is 0 Å². The van der Waals surface area contributed by atoms with E-state index in [0.29, 0.717) is 34.1 Å². The molecular formula is C19H19FN4O3. The Hall–Kier alpha value is -3.42. The normalized spacial score (nSPS) is 10.6. The van der Waals surface area contributed by atoms with Crippen LogP contribution in [0.25, 0.3) is 5.69 Å². The van der Waals surface area contributed by atoms with Crippen LogP contribution in [0.15, 0.2) is 36.4 Å². The topological polar surface area (TPSA) is 78.3 Å². The number of anilines is 1. The second-order valence-corrected chi connectivity index (χ2v) is 5.89. The van der Waals surface area contributed by atoms with E-state index >= 15 is 0 Å². The Labute approximate surface area is 155 Å². The lowest BCUT2D eigenvalue weighted by atomic mass is 10.2. The van der Waals surface area contributed by atoms with Gasteiger partial charge in [-0.3, -0.25) is 4.79 Å². The number of rotatable bonds is 5. The number of carbonyl (C=O) groups excluding carboxylic acids is 1. The molecule has 3 aromatic rings. The van der Waals surface area contributed by atoms with Crippen molar-refractivity contribution in [2.24, 2.45) is 0 Å². The highest BCUT2D eigenvalue weighted by molar-refractivity contribution is 6.04. The van der Waals surface area contributed by atoms with E-state index in [2.05, 4.69) is 15.6 Å². The van der Waals surface area contributed by atoms with E-state index in [-0.39, 0.29) is 11.5 Å². The third kappa shape index (κ3) is 3.59. The second kappa shape index (κ2) is 7.45. The molecule has 1 N–H and O–H groups in total. The van der Waals surface area contributed by atoms with E-state index in [1.165, 1.54) is 23.9 Å². The molecule has 1 heterocycles. The van der Waals surface area contributed by atoms with Crippen LogP contribution in [0.4, 0.5) is 10.1 Å². The first-order chi connectivity index (χ1) is 12.9. The Kier molecular flexibility index (Phi) is 5.07. The van der Waals surface area contributed by atoms with Crippen molar-refractivity contribution in [3.8, 4) is 17.2 Å². The van der Waals surface area contributed by atoms with E-state index < -0.39 is 5.91 Å². The van der Waals surface area contributed by atoms with Gasteiger partial charge in [-0.1, -0.05) is 5.21 Å². The van der Waals surface area contributed by atoms with Crippen molar-refractivity contribution in [2.45, 2.75) is 13.8 Å². The first-order valence-corrected chi connectivity index (χ1v) is 8.16. The fourth-order valence-electron chi connectivity index (χ4n) is 2.71. The molecular weight excluding hydrogens is 351 g/mol. The number of halogens is 1. The summed E-state index contributed by atoms with van der Waals surface area (Å²) in [4.78, 5) is 12.7. The van der Waals surface area contributed by atoms with Crippen molar-refractivity contribution in [3.63, 3.8) is 0 Å². The molecule has 0 atom stereocenters. The molecule has 8 heteroatoms. The summed E-state index contributed by atoms with van der Waals surface area (Å²) < 4.78 is 25.3. The van der Waals surface area contributed by atoms with Gasteiger partial charge in [-0.15, -0.1) is 5.10 Å². The lowest BCUT2D eigenvalue weighted by Gasteiger charge is -2.11. The average Bonchev–Trinajstić information content (AvgIpc) is 3.03. The number of carbonyl (C=O) groups is 1. The molecule has 1 aromatic heterocycles. The Morgan fingerprint density at radius 3 is 2.56 bits per heavy atom. The molecule has 140 valence electrons. The molecule has 0 fully saturated rings. The van der Waals surface area contributed by atoms with Crippen molar-refractivity contribution in [2.75, 3.05) is 19.5 Å². The van der Waals surface area contributed by atoms with Gasteiger partial charge in [-0.25, -0.2) is 9.07 Å². The Bertz CT molecular complexity index is 1000. The van der Waals surface area contributed by atoms with E-state index in [1.807, 2.05) is 0 Å². The summed E-state index contributed by atoms with van der Waals surface area (Å²) in [5.74, 6) is 0.307. The summed E-state index contributed by atoms with van der Waals surface area (Å²) in [6.45, 7) is 3.49. The summed E-state index contributed by atoms with van der Waals surface area (Å²) in [7, 11) is 3.05. The van der Waals surface area contributed by atoms with Gasteiger partial charge in [0.05, 0.1) is 31.3 Å². The minimum absolute atomic E-state index is 0.164. The molecule has 27 heavy (non-hydrogen) atoms. The van der Waals surface area contributed by atoms with Crippen molar-refractivity contribution < 1.29 is 18.7 Å². The summed E-state index contributed by atoms with van der Waals surface area (Å²) >= 11 is 0. The SMILES string of the molecule is COc1ccc(NC(=O)c2nnn(-c3ccc(F)cc3C)c2C)c(OC)c1. The average molecular weight is 370 g/mol. The number of aryl methyl sites for hydroxylation is 1. The summed E-state index contributed by atoms with van der Waals surface area (Å²) in [5, 5.41) is 10.8. The van der Waals surface area contributed by atoms with Gasteiger partial charge in [0.15, 0.2) is 5.69 Å². The largest absolute Gasteiger partial charge is 0.497 e. The number of amides is 1. The van der Waals surface area contributed by atoms with Gasteiger partial charge in [0.2, 0.25) is 0 Å². The maximum atomic E-state index is 13.3. The molecule has 1 amide bonds. The minimum Gasteiger partial charge on any atom is -0.497 e. The molecule has 0 radical (unpaired) electrons. The number of hydrogen-bond acceptors (Lipinski definition) is 5. The molecule has 0 spiro atoms.